The fourth-order valence-corrected chi connectivity index (χ4v) is 5.87. The molecule has 2 N–H and O–H groups in total. The van der Waals surface area contributed by atoms with Crippen molar-refractivity contribution in [1.82, 2.24) is 20.0 Å². The van der Waals surface area contributed by atoms with Crippen LogP contribution in [0.2, 0.25) is 0 Å². The number of aliphatic hydroxyl groups is 1. The van der Waals surface area contributed by atoms with Crippen molar-refractivity contribution in [2.24, 2.45) is 0 Å². The Kier molecular flexibility index (Phi) is 6.98. The first-order valence-electron chi connectivity index (χ1n) is 13.6. The molecule has 1 fully saturated rings. The summed E-state index contributed by atoms with van der Waals surface area (Å²) in [4.78, 5) is 14.7. The van der Waals surface area contributed by atoms with Crippen LogP contribution in [0.4, 0.5) is 24.8 Å². The molecular formula is C30H29F3N6O2. The average molecular weight is 563 g/mol. The van der Waals surface area contributed by atoms with Gasteiger partial charge in [0.25, 0.3) is 5.91 Å². The van der Waals surface area contributed by atoms with E-state index in [9.17, 15) is 23.1 Å². The van der Waals surface area contributed by atoms with Gasteiger partial charge in [-0.25, -0.2) is 4.68 Å². The van der Waals surface area contributed by atoms with E-state index in [-0.39, 0.29) is 12.0 Å². The highest BCUT2D eigenvalue weighted by Gasteiger charge is 2.41. The summed E-state index contributed by atoms with van der Waals surface area (Å²) in [7, 11) is 0. The van der Waals surface area contributed by atoms with E-state index in [0.717, 1.165) is 28.5 Å². The minimum Gasteiger partial charge on any atom is -0.383 e. The molecule has 0 unspecified atom stereocenters. The first-order valence-corrected chi connectivity index (χ1v) is 13.6. The lowest BCUT2D eigenvalue weighted by molar-refractivity contribution is -0.141. The van der Waals surface area contributed by atoms with Crippen LogP contribution in [-0.4, -0.2) is 50.2 Å². The largest absolute Gasteiger partial charge is 0.435 e. The number of hydrogen-bond acceptors (Lipinski definition) is 6. The van der Waals surface area contributed by atoms with Gasteiger partial charge in [0.15, 0.2) is 11.5 Å². The molecule has 0 radical (unpaired) electrons. The van der Waals surface area contributed by atoms with Gasteiger partial charge in [0, 0.05) is 30.5 Å². The summed E-state index contributed by atoms with van der Waals surface area (Å²) >= 11 is 0. The van der Waals surface area contributed by atoms with E-state index in [0.29, 0.717) is 37.6 Å². The van der Waals surface area contributed by atoms with Gasteiger partial charge in [-0.3, -0.25) is 4.79 Å². The second kappa shape index (κ2) is 10.6. The zero-order valence-electron chi connectivity index (χ0n) is 22.3. The molecule has 2 aliphatic heterocycles. The van der Waals surface area contributed by atoms with Crippen molar-refractivity contribution in [3.63, 3.8) is 0 Å². The topological polar surface area (TPSA) is 96.2 Å². The Labute approximate surface area is 234 Å². The van der Waals surface area contributed by atoms with Crippen molar-refractivity contribution in [3.8, 4) is 0 Å². The van der Waals surface area contributed by atoms with Crippen LogP contribution in [0.5, 0.6) is 0 Å². The molecule has 11 heteroatoms. The molecule has 1 saturated heterocycles. The van der Waals surface area contributed by atoms with Gasteiger partial charge >= 0.3 is 6.18 Å². The van der Waals surface area contributed by atoms with Crippen molar-refractivity contribution in [2.75, 3.05) is 23.3 Å². The summed E-state index contributed by atoms with van der Waals surface area (Å²) in [6, 6.07) is 21.8. The fourth-order valence-electron chi connectivity index (χ4n) is 5.87. The van der Waals surface area contributed by atoms with Crippen molar-refractivity contribution in [3.05, 3.63) is 101 Å². The number of nitrogens with zero attached hydrogens (tertiary/aromatic N) is 5. The quantitative estimate of drug-likeness (QED) is 0.350. The van der Waals surface area contributed by atoms with E-state index >= 15 is 0 Å². The summed E-state index contributed by atoms with van der Waals surface area (Å²) in [6.07, 6.45) is -4.40. The number of alkyl halides is 3. The highest BCUT2D eigenvalue weighted by Crippen LogP contribution is 2.44. The minimum absolute atomic E-state index is 0.0144. The SMILES string of the molecule is C[C@H]1c2c(C3CCN(c4ccc(C(F)(F)F)nn4)CC3)nn(C(c3ccccc3)c3ccccc3)c2NC(=O)[C@H]1O. The number of amides is 1. The zero-order valence-corrected chi connectivity index (χ0v) is 22.3. The molecule has 41 heavy (non-hydrogen) atoms. The number of aromatic nitrogens is 4. The van der Waals surface area contributed by atoms with Gasteiger partial charge in [-0.15, -0.1) is 10.2 Å². The van der Waals surface area contributed by atoms with E-state index in [1.165, 1.54) is 6.07 Å². The van der Waals surface area contributed by atoms with Crippen LogP contribution >= 0.6 is 0 Å². The lowest BCUT2D eigenvalue weighted by atomic mass is 9.84. The molecule has 2 aromatic carbocycles. The molecule has 1 amide bonds. The molecule has 0 saturated carbocycles. The Morgan fingerprint density at radius 2 is 1.54 bits per heavy atom. The van der Waals surface area contributed by atoms with Crippen LogP contribution in [0.3, 0.4) is 0 Å². The Morgan fingerprint density at radius 3 is 2.07 bits per heavy atom. The third kappa shape index (κ3) is 5.06. The Hall–Kier alpha value is -4.25. The minimum atomic E-state index is -4.54. The number of nitrogens with one attached hydrogen (secondary N) is 1. The number of fused-ring (bicyclic) bond motifs is 1. The number of hydrogen-bond donors (Lipinski definition) is 2. The van der Waals surface area contributed by atoms with Crippen LogP contribution in [0.25, 0.3) is 0 Å². The molecule has 2 atom stereocenters. The lowest BCUT2D eigenvalue weighted by Gasteiger charge is -2.33. The Balaban J connectivity index is 1.36. The molecule has 0 aliphatic carbocycles. The first kappa shape index (κ1) is 26.9. The van der Waals surface area contributed by atoms with Crippen molar-refractivity contribution < 1.29 is 23.1 Å². The van der Waals surface area contributed by atoms with Gasteiger partial charge in [0.1, 0.15) is 18.0 Å². The molecule has 6 rings (SSSR count). The van der Waals surface area contributed by atoms with Crippen LogP contribution in [0, 0.1) is 0 Å². The predicted molar refractivity (Wildman–Crippen MR) is 147 cm³/mol. The van der Waals surface area contributed by atoms with Crippen LogP contribution in [0.1, 0.15) is 65.7 Å². The third-order valence-electron chi connectivity index (χ3n) is 8.04. The first-order chi connectivity index (χ1) is 19.7. The number of carbonyl (C=O) groups excluding carboxylic acids is 1. The number of rotatable bonds is 5. The van der Waals surface area contributed by atoms with Gasteiger partial charge in [-0.1, -0.05) is 67.6 Å². The molecule has 212 valence electrons. The second-order valence-electron chi connectivity index (χ2n) is 10.6. The maximum atomic E-state index is 12.9. The molecule has 2 aromatic heterocycles. The molecule has 8 nitrogen and oxygen atoms in total. The Bertz CT molecular complexity index is 1480. The number of aliphatic hydroxyl groups excluding tert-OH is 1. The van der Waals surface area contributed by atoms with Crippen LogP contribution in [0.15, 0.2) is 72.8 Å². The van der Waals surface area contributed by atoms with Crippen molar-refractivity contribution in [1.29, 1.82) is 0 Å². The Morgan fingerprint density at radius 1 is 0.927 bits per heavy atom. The maximum absolute atomic E-state index is 12.9. The number of benzene rings is 2. The number of halogens is 3. The summed E-state index contributed by atoms with van der Waals surface area (Å²) in [6.45, 7) is 2.94. The monoisotopic (exact) mass is 562 g/mol. The highest BCUT2D eigenvalue weighted by atomic mass is 19.4. The number of carbonyl (C=O) groups is 1. The van der Waals surface area contributed by atoms with E-state index in [1.54, 1.807) is 0 Å². The lowest BCUT2D eigenvalue weighted by Crippen LogP contribution is -2.38. The van der Waals surface area contributed by atoms with Crippen molar-refractivity contribution >= 4 is 17.5 Å². The third-order valence-corrected chi connectivity index (χ3v) is 8.04. The smallest absolute Gasteiger partial charge is 0.383 e. The second-order valence-corrected chi connectivity index (χ2v) is 10.6. The van der Waals surface area contributed by atoms with Gasteiger partial charge < -0.3 is 15.3 Å². The highest BCUT2D eigenvalue weighted by molar-refractivity contribution is 5.97. The molecule has 4 aromatic rings. The zero-order chi connectivity index (χ0) is 28.7. The normalized spacial score (nSPS) is 19.8. The molecule has 0 spiro atoms. The van der Waals surface area contributed by atoms with Gasteiger partial charge in [-0.2, -0.15) is 18.3 Å². The van der Waals surface area contributed by atoms with E-state index in [4.69, 9.17) is 5.10 Å². The molecule has 2 aliphatic rings. The number of piperidine rings is 1. The summed E-state index contributed by atoms with van der Waals surface area (Å²) in [5.74, 6) is 0.0621. The summed E-state index contributed by atoms with van der Waals surface area (Å²) in [5, 5.41) is 26.0. The van der Waals surface area contributed by atoms with E-state index in [2.05, 4.69) is 15.5 Å². The molecule has 0 bridgehead atoms. The van der Waals surface area contributed by atoms with Crippen LogP contribution in [-0.2, 0) is 11.0 Å². The van der Waals surface area contributed by atoms with Crippen molar-refractivity contribution in [2.45, 2.75) is 49.9 Å². The van der Waals surface area contributed by atoms with E-state index < -0.39 is 29.8 Å². The van der Waals surface area contributed by atoms with Gasteiger partial charge in [0.2, 0.25) is 0 Å². The summed E-state index contributed by atoms with van der Waals surface area (Å²) in [5.41, 5.74) is 2.62. The molecular weight excluding hydrogens is 533 g/mol. The standard InChI is InChI=1S/C30H29F3N6O2/c1-18-24-25(19-14-16-38(17-15-19)23-13-12-22(35-36-23)30(31,32)33)37-39(28(24)34-29(41)27(18)40)26(20-8-4-2-5-9-20)21-10-6-3-7-11-21/h2-13,18-19,26-27,40H,14-17H2,1H3,(H,34,41)/t18-,27-/m0/s1. The molecule has 4 heterocycles. The van der Waals surface area contributed by atoms with E-state index in [1.807, 2.05) is 77.2 Å². The summed E-state index contributed by atoms with van der Waals surface area (Å²) < 4.78 is 40.7. The number of anilines is 2. The average Bonchev–Trinajstić information content (AvgIpc) is 3.35. The van der Waals surface area contributed by atoms with Crippen LogP contribution < -0.4 is 10.2 Å². The maximum Gasteiger partial charge on any atom is 0.435 e. The fraction of sp³-hybridized carbons (Fsp3) is 0.333. The van der Waals surface area contributed by atoms with Gasteiger partial charge in [0.05, 0.1) is 5.69 Å². The van der Waals surface area contributed by atoms with Gasteiger partial charge in [-0.05, 0) is 36.1 Å². The predicted octanol–water partition coefficient (Wildman–Crippen LogP) is 5.13.